The number of furan rings is 1. The van der Waals surface area contributed by atoms with Crippen molar-refractivity contribution in [2.75, 3.05) is 0 Å². The number of alkyl halides is 3. The highest BCUT2D eigenvalue weighted by molar-refractivity contribution is 6.30. The third-order valence-electron chi connectivity index (χ3n) is 4.69. The fraction of sp³-hybridized carbons (Fsp3) is 0.438. The van der Waals surface area contributed by atoms with E-state index in [9.17, 15) is 33.2 Å². The summed E-state index contributed by atoms with van der Waals surface area (Å²) in [6.45, 7) is 3.03. The van der Waals surface area contributed by atoms with Crippen molar-refractivity contribution in [2.24, 2.45) is 16.7 Å². The quantitative estimate of drug-likeness (QED) is 0.468. The molecule has 0 aliphatic heterocycles. The first kappa shape index (κ1) is 19.8. The highest BCUT2D eigenvalue weighted by Crippen LogP contribution is 2.72. The highest BCUT2D eigenvalue weighted by Gasteiger charge is 2.74. The third-order valence-corrected chi connectivity index (χ3v) is 5.03. The third kappa shape index (κ3) is 3.29. The Labute approximate surface area is 150 Å². The van der Waals surface area contributed by atoms with Crippen molar-refractivity contribution in [3.63, 3.8) is 0 Å². The lowest BCUT2D eigenvalue weighted by molar-refractivity contribution is -0.402. The molecule has 6 nitrogen and oxygen atoms in total. The molecule has 0 unspecified atom stereocenters. The Morgan fingerprint density at radius 2 is 2.12 bits per heavy atom. The van der Waals surface area contributed by atoms with Gasteiger partial charge in [-0.15, -0.1) is 0 Å². The van der Waals surface area contributed by atoms with Crippen molar-refractivity contribution in [3.05, 3.63) is 39.1 Å². The minimum absolute atomic E-state index is 0.0453. The first-order valence-corrected chi connectivity index (χ1v) is 7.63. The fourth-order valence-electron chi connectivity index (χ4n) is 3.07. The average molecular weight is 392 g/mol. The lowest BCUT2D eigenvalue weighted by Crippen LogP contribution is -2.21. The summed E-state index contributed by atoms with van der Waals surface area (Å²) in [5.74, 6) is 2.15. The second-order valence-electron chi connectivity index (χ2n) is 6.36. The smallest absolute Gasteiger partial charge is 0.434 e. The molecule has 1 heterocycles. The summed E-state index contributed by atoms with van der Waals surface area (Å²) >= 11 is 5.24. The number of halogens is 4. The van der Waals surface area contributed by atoms with Gasteiger partial charge in [-0.1, -0.05) is 37.4 Å². The second kappa shape index (κ2) is 6.36. The number of aliphatic carboxylic acids is 1. The summed E-state index contributed by atoms with van der Waals surface area (Å²) in [6, 6.07) is 2.33. The second-order valence-corrected chi connectivity index (χ2v) is 6.77. The summed E-state index contributed by atoms with van der Waals surface area (Å²) in [5.41, 5.74) is -2.56. The monoisotopic (exact) mass is 391 g/mol. The molecule has 1 fully saturated rings. The zero-order valence-electron chi connectivity index (χ0n) is 13.6. The SMILES string of the molecule is CC1(C)[C@@H](C=C(Cl)C(F)(F)F)[C@@]1(CC#Cc1ccc([N+](=O)[O-])o1)C(=O)O. The van der Waals surface area contributed by atoms with Crippen LogP contribution in [-0.4, -0.2) is 22.2 Å². The summed E-state index contributed by atoms with van der Waals surface area (Å²) in [4.78, 5) is 21.5. The molecular formula is C16H13ClF3NO5. The highest BCUT2D eigenvalue weighted by atomic mass is 35.5. The van der Waals surface area contributed by atoms with Crippen LogP contribution in [0.2, 0.25) is 0 Å². The molecule has 2 rings (SSSR count). The van der Waals surface area contributed by atoms with Crippen LogP contribution in [0.25, 0.3) is 0 Å². The minimum Gasteiger partial charge on any atom is -0.481 e. The summed E-state index contributed by atoms with van der Waals surface area (Å²) in [6.07, 6.45) is -4.33. The Kier molecular flexibility index (Phi) is 4.85. The van der Waals surface area contributed by atoms with Gasteiger partial charge in [-0.3, -0.25) is 14.9 Å². The summed E-state index contributed by atoms with van der Waals surface area (Å²) < 4.78 is 42.7. The molecule has 0 saturated heterocycles. The number of carbonyl (C=O) groups is 1. The molecule has 26 heavy (non-hydrogen) atoms. The molecular weight excluding hydrogens is 379 g/mol. The molecule has 0 amide bonds. The number of nitrogens with zero attached hydrogens (tertiary/aromatic N) is 1. The molecule has 1 N–H and O–H groups in total. The van der Waals surface area contributed by atoms with Gasteiger partial charge in [0.1, 0.15) is 9.96 Å². The van der Waals surface area contributed by atoms with E-state index in [1.807, 2.05) is 0 Å². The molecule has 1 aliphatic rings. The van der Waals surface area contributed by atoms with Crippen LogP contribution in [0.4, 0.5) is 19.1 Å². The minimum atomic E-state index is -4.76. The van der Waals surface area contributed by atoms with Crippen molar-refractivity contribution in [2.45, 2.75) is 26.4 Å². The van der Waals surface area contributed by atoms with Crippen molar-refractivity contribution < 1.29 is 32.4 Å². The van der Waals surface area contributed by atoms with E-state index in [0.717, 1.165) is 6.07 Å². The topological polar surface area (TPSA) is 93.6 Å². The van der Waals surface area contributed by atoms with Gasteiger partial charge in [0.2, 0.25) is 0 Å². The summed E-state index contributed by atoms with van der Waals surface area (Å²) in [7, 11) is 0. The van der Waals surface area contributed by atoms with Crippen LogP contribution in [0.5, 0.6) is 0 Å². The number of carboxylic acids is 1. The average Bonchev–Trinajstić information content (AvgIpc) is 2.85. The van der Waals surface area contributed by atoms with Gasteiger partial charge in [0, 0.05) is 18.4 Å². The Morgan fingerprint density at radius 3 is 2.58 bits per heavy atom. The van der Waals surface area contributed by atoms with Crippen LogP contribution in [0.1, 0.15) is 26.0 Å². The van der Waals surface area contributed by atoms with E-state index in [0.29, 0.717) is 6.08 Å². The number of nitro groups is 1. The van der Waals surface area contributed by atoms with Gasteiger partial charge in [-0.2, -0.15) is 13.2 Å². The van der Waals surface area contributed by atoms with E-state index >= 15 is 0 Å². The number of carboxylic acid groups (broad SMARTS) is 1. The Hall–Kier alpha value is -2.47. The molecule has 0 aromatic carbocycles. The van der Waals surface area contributed by atoms with Crippen LogP contribution in [-0.2, 0) is 4.79 Å². The van der Waals surface area contributed by atoms with Crippen LogP contribution in [0, 0.1) is 38.7 Å². The van der Waals surface area contributed by atoms with Gasteiger partial charge in [-0.25, -0.2) is 0 Å². The van der Waals surface area contributed by atoms with Crippen LogP contribution in [0.15, 0.2) is 27.7 Å². The zero-order valence-corrected chi connectivity index (χ0v) is 14.3. The van der Waals surface area contributed by atoms with E-state index in [2.05, 4.69) is 11.8 Å². The lowest BCUT2D eigenvalue weighted by atomic mass is 9.92. The van der Waals surface area contributed by atoms with E-state index in [4.69, 9.17) is 16.0 Å². The van der Waals surface area contributed by atoms with Crippen LogP contribution in [0.3, 0.4) is 0 Å². The van der Waals surface area contributed by atoms with Crippen molar-refractivity contribution in [3.8, 4) is 11.8 Å². The maximum atomic E-state index is 12.6. The van der Waals surface area contributed by atoms with E-state index in [-0.39, 0.29) is 12.2 Å². The molecule has 140 valence electrons. The van der Waals surface area contributed by atoms with Gasteiger partial charge in [0.25, 0.3) is 0 Å². The molecule has 1 aromatic heterocycles. The van der Waals surface area contributed by atoms with Crippen molar-refractivity contribution in [1.29, 1.82) is 0 Å². The lowest BCUT2D eigenvalue weighted by Gasteiger charge is -2.11. The predicted molar refractivity (Wildman–Crippen MR) is 84.2 cm³/mol. The maximum Gasteiger partial charge on any atom is 0.434 e. The molecule has 0 radical (unpaired) electrons. The first-order valence-electron chi connectivity index (χ1n) is 7.25. The van der Waals surface area contributed by atoms with Gasteiger partial charge in [0.05, 0.1) is 11.5 Å². The standard InChI is InChI=1S/C16H13ClF3NO5/c1-14(2)10(8-11(17)16(18,19)20)15(14,13(22)23)7-3-4-9-5-6-12(26-9)21(24)25/h5-6,8,10H,7H2,1-2H3,(H,22,23)/t10-,15+/m1/s1. The Balaban J connectivity index is 2.28. The van der Waals surface area contributed by atoms with Gasteiger partial charge in [-0.05, 0) is 11.3 Å². The Bertz CT molecular complexity index is 846. The van der Waals surface area contributed by atoms with Crippen molar-refractivity contribution in [1.82, 2.24) is 0 Å². The Morgan fingerprint density at radius 1 is 1.50 bits per heavy atom. The number of allylic oxidation sites excluding steroid dienone is 2. The molecule has 0 spiro atoms. The largest absolute Gasteiger partial charge is 0.481 e. The predicted octanol–water partition coefficient (Wildman–Crippen LogP) is 4.34. The zero-order chi connectivity index (χ0) is 19.9. The molecule has 2 atom stereocenters. The van der Waals surface area contributed by atoms with Crippen molar-refractivity contribution >= 4 is 23.5 Å². The first-order chi connectivity index (χ1) is 11.8. The van der Waals surface area contributed by atoms with Crippen LogP contribution >= 0.6 is 11.6 Å². The maximum absolute atomic E-state index is 12.6. The normalized spacial score (nSPS) is 24.5. The number of hydrogen-bond acceptors (Lipinski definition) is 4. The van der Waals surface area contributed by atoms with E-state index in [1.54, 1.807) is 0 Å². The molecule has 1 saturated carbocycles. The molecule has 10 heteroatoms. The molecule has 0 bridgehead atoms. The van der Waals surface area contributed by atoms with E-state index in [1.165, 1.54) is 19.9 Å². The van der Waals surface area contributed by atoms with Gasteiger partial charge >= 0.3 is 18.0 Å². The fourth-order valence-corrected chi connectivity index (χ4v) is 3.20. The number of hydrogen-bond donors (Lipinski definition) is 1. The molecule has 1 aliphatic carbocycles. The van der Waals surface area contributed by atoms with Crippen LogP contribution < -0.4 is 0 Å². The molecule has 1 aromatic rings. The van der Waals surface area contributed by atoms with E-state index < -0.39 is 44.7 Å². The van der Waals surface area contributed by atoms with Gasteiger partial charge < -0.3 is 9.52 Å². The number of rotatable bonds is 4. The van der Waals surface area contributed by atoms with Gasteiger partial charge in [0.15, 0.2) is 5.76 Å². The summed E-state index contributed by atoms with van der Waals surface area (Å²) in [5, 5.41) is 18.7.